The van der Waals surface area contributed by atoms with Gasteiger partial charge in [-0.05, 0) is 54.8 Å². The van der Waals surface area contributed by atoms with E-state index in [9.17, 15) is 0 Å². The van der Waals surface area contributed by atoms with Crippen molar-refractivity contribution in [2.24, 2.45) is 0 Å². The molecule has 0 saturated carbocycles. The van der Waals surface area contributed by atoms with Crippen molar-refractivity contribution in [3.63, 3.8) is 0 Å². The summed E-state index contributed by atoms with van der Waals surface area (Å²) in [6, 6.07) is 14.0. The highest BCUT2D eigenvalue weighted by atomic mass is 16.5. The number of benzene rings is 2. The molecular formula is C23H27NO4. The van der Waals surface area contributed by atoms with Crippen molar-refractivity contribution in [2.75, 3.05) is 46.6 Å². The Morgan fingerprint density at radius 3 is 2.57 bits per heavy atom. The predicted octanol–water partition coefficient (Wildman–Crippen LogP) is 3.77. The lowest BCUT2D eigenvalue weighted by molar-refractivity contribution is 0.0358. The van der Waals surface area contributed by atoms with E-state index < -0.39 is 0 Å². The van der Waals surface area contributed by atoms with Crippen LogP contribution in [0, 0.1) is 0 Å². The molecule has 0 radical (unpaired) electrons. The van der Waals surface area contributed by atoms with Crippen LogP contribution in [0.4, 0.5) is 0 Å². The molecule has 0 bridgehead atoms. The van der Waals surface area contributed by atoms with E-state index in [4.69, 9.17) is 18.9 Å². The van der Waals surface area contributed by atoms with Gasteiger partial charge >= 0.3 is 0 Å². The van der Waals surface area contributed by atoms with Gasteiger partial charge in [-0.25, -0.2) is 0 Å². The van der Waals surface area contributed by atoms with Crippen LogP contribution in [0.3, 0.4) is 0 Å². The van der Waals surface area contributed by atoms with Crippen molar-refractivity contribution < 1.29 is 18.9 Å². The number of rotatable bonds is 7. The van der Waals surface area contributed by atoms with Crippen LogP contribution in [-0.4, -0.2) is 51.5 Å². The third-order valence-electron chi connectivity index (χ3n) is 5.13. The Morgan fingerprint density at radius 1 is 1.00 bits per heavy atom. The van der Waals surface area contributed by atoms with Crippen LogP contribution in [0.5, 0.6) is 17.2 Å². The first-order valence-electron chi connectivity index (χ1n) is 9.90. The number of allylic oxidation sites excluding steroid dienone is 1. The SMILES string of the molecule is COc1ccc(C2=CCc3ccc(OCCCN4CCOCC4)cc3O2)cc1. The highest BCUT2D eigenvalue weighted by Crippen LogP contribution is 2.34. The van der Waals surface area contributed by atoms with Crippen LogP contribution in [0.15, 0.2) is 48.5 Å². The molecule has 0 amide bonds. The molecule has 4 rings (SSSR count). The number of nitrogens with zero attached hydrogens (tertiary/aromatic N) is 1. The average molecular weight is 381 g/mol. The van der Waals surface area contributed by atoms with Gasteiger partial charge in [-0.1, -0.05) is 6.07 Å². The Hall–Kier alpha value is -2.50. The molecule has 2 aromatic rings. The lowest BCUT2D eigenvalue weighted by Crippen LogP contribution is -2.37. The highest BCUT2D eigenvalue weighted by molar-refractivity contribution is 5.66. The standard InChI is InChI=1S/C23H27NO4/c1-25-20-7-3-18(4-8-20)22-10-6-19-5-9-21(17-23(19)28-22)27-14-2-11-24-12-15-26-16-13-24/h3-5,7-10,17H,2,6,11-16H2,1H3. The summed E-state index contributed by atoms with van der Waals surface area (Å²) in [6.45, 7) is 5.48. The quantitative estimate of drug-likeness (QED) is 0.683. The van der Waals surface area contributed by atoms with Crippen LogP contribution in [0.2, 0.25) is 0 Å². The van der Waals surface area contributed by atoms with E-state index in [2.05, 4.69) is 17.0 Å². The number of morpholine rings is 1. The molecule has 5 heteroatoms. The maximum atomic E-state index is 6.15. The summed E-state index contributed by atoms with van der Waals surface area (Å²) >= 11 is 0. The van der Waals surface area contributed by atoms with Gasteiger partial charge in [0.05, 0.1) is 26.9 Å². The van der Waals surface area contributed by atoms with Crippen LogP contribution in [0.1, 0.15) is 17.5 Å². The van der Waals surface area contributed by atoms with E-state index in [0.29, 0.717) is 6.61 Å². The summed E-state index contributed by atoms with van der Waals surface area (Å²) in [5.74, 6) is 3.45. The van der Waals surface area contributed by atoms with E-state index in [1.807, 2.05) is 36.4 Å². The number of hydrogen-bond acceptors (Lipinski definition) is 5. The molecule has 0 aromatic heterocycles. The number of hydrogen-bond donors (Lipinski definition) is 0. The Kier molecular flexibility index (Phi) is 6.14. The van der Waals surface area contributed by atoms with E-state index >= 15 is 0 Å². The lowest BCUT2D eigenvalue weighted by Gasteiger charge is -2.26. The fourth-order valence-corrected chi connectivity index (χ4v) is 3.49. The van der Waals surface area contributed by atoms with Gasteiger partial charge in [0.25, 0.3) is 0 Å². The van der Waals surface area contributed by atoms with Crippen molar-refractivity contribution in [2.45, 2.75) is 12.8 Å². The summed E-state index contributed by atoms with van der Waals surface area (Å²) in [5.41, 5.74) is 2.22. The normalized spacial score (nSPS) is 16.7. The van der Waals surface area contributed by atoms with Crippen molar-refractivity contribution in [1.29, 1.82) is 0 Å². The average Bonchev–Trinajstić information content (AvgIpc) is 2.77. The second-order valence-corrected chi connectivity index (χ2v) is 7.03. The van der Waals surface area contributed by atoms with Crippen molar-refractivity contribution in [3.8, 4) is 17.2 Å². The first-order chi connectivity index (χ1) is 13.8. The van der Waals surface area contributed by atoms with Crippen molar-refractivity contribution in [3.05, 3.63) is 59.7 Å². The molecule has 0 aliphatic carbocycles. The van der Waals surface area contributed by atoms with Gasteiger partial charge in [-0.15, -0.1) is 0 Å². The summed E-state index contributed by atoms with van der Waals surface area (Å²) in [4.78, 5) is 2.43. The molecule has 0 unspecified atom stereocenters. The Balaban J connectivity index is 1.32. The van der Waals surface area contributed by atoms with Crippen LogP contribution >= 0.6 is 0 Å². The van der Waals surface area contributed by atoms with Crippen molar-refractivity contribution in [1.82, 2.24) is 4.90 Å². The largest absolute Gasteiger partial charge is 0.497 e. The van der Waals surface area contributed by atoms with Gasteiger partial charge < -0.3 is 18.9 Å². The summed E-state index contributed by atoms with van der Waals surface area (Å²) in [7, 11) is 1.67. The first kappa shape index (κ1) is 18.8. The molecular weight excluding hydrogens is 354 g/mol. The molecule has 148 valence electrons. The van der Waals surface area contributed by atoms with E-state index in [0.717, 1.165) is 74.3 Å². The van der Waals surface area contributed by atoms with Crippen LogP contribution in [-0.2, 0) is 11.2 Å². The first-order valence-corrected chi connectivity index (χ1v) is 9.90. The maximum Gasteiger partial charge on any atom is 0.134 e. The fraction of sp³-hybridized carbons (Fsp3) is 0.391. The summed E-state index contributed by atoms with van der Waals surface area (Å²) < 4.78 is 22.7. The number of methoxy groups -OCH3 is 1. The summed E-state index contributed by atoms with van der Waals surface area (Å²) in [6.07, 6.45) is 3.98. The van der Waals surface area contributed by atoms with E-state index in [-0.39, 0.29) is 0 Å². The van der Waals surface area contributed by atoms with Gasteiger partial charge in [0.1, 0.15) is 23.0 Å². The van der Waals surface area contributed by atoms with Gasteiger partial charge in [0.15, 0.2) is 0 Å². The lowest BCUT2D eigenvalue weighted by atomic mass is 10.0. The topological polar surface area (TPSA) is 40.2 Å². The second kappa shape index (κ2) is 9.13. The predicted molar refractivity (Wildman–Crippen MR) is 109 cm³/mol. The number of ether oxygens (including phenoxy) is 4. The third-order valence-corrected chi connectivity index (χ3v) is 5.13. The molecule has 2 heterocycles. The second-order valence-electron chi connectivity index (χ2n) is 7.03. The fourth-order valence-electron chi connectivity index (χ4n) is 3.49. The molecule has 0 N–H and O–H groups in total. The Morgan fingerprint density at radius 2 is 1.79 bits per heavy atom. The smallest absolute Gasteiger partial charge is 0.134 e. The Labute approximate surface area is 166 Å². The minimum absolute atomic E-state index is 0.706. The minimum Gasteiger partial charge on any atom is -0.497 e. The third kappa shape index (κ3) is 4.66. The number of fused-ring (bicyclic) bond motifs is 1. The molecule has 28 heavy (non-hydrogen) atoms. The van der Waals surface area contributed by atoms with Gasteiger partial charge in [0, 0.05) is 31.3 Å². The molecule has 2 aliphatic rings. The molecule has 2 aromatic carbocycles. The van der Waals surface area contributed by atoms with Crippen molar-refractivity contribution >= 4 is 5.76 Å². The monoisotopic (exact) mass is 381 g/mol. The zero-order valence-corrected chi connectivity index (χ0v) is 16.4. The van der Waals surface area contributed by atoms with Gasteiger partial charge in [-0.2, -0.15) is 0 Å². The van der Waals surface area contributed by atoms with Crippen LogP contribution < -0.4 is 14.2 Å². The zero-order valence-electron chi connectivity index (χ0n) is 16.4. The summed E-state index contributed by atoms with van der Waals surface area (Å²) in [5, 5.41) is 0. The molecule has 1 fully saturated rings. The molecule has 2 aliphatic heterocycles. The highest BCUT2D eigenvalue weighted by Gasteiger charge is 2.15. The maximum absolute atomic E-state index is 6.15. The molecule has 1 saturated heterocycles. The zero-order chi connectivity index (χ0) is 19.2. The van der Waals surface area contributed by atoms with Gasteiger partial charge in [0.2, 0.25) is 0 Å². The van der Waals surface area contributed by atoms with E-state index in [1.165, 1.54) is 5.56 Å². The minimum atomic E-state index is 0.706. The van der Waals surface area contributed by atoms with E-state index in [1.54, 1.807) is 7.11 Å². The van der Waals surface area contributed by atoms with Gasteiger partial charge in [-0.3, -0.25) is 4.90 Å². The molecule has 0 spiro atoms. The molecule has 0 atom stereocenters. The van der Waals surface area contributed by atoms with Crippen LogP contribution in [0.25, 0.3) is 5.76 Å². The Bertz CT molecular complexity index is 810. The molecule has 5 nitrogen and oxygen atoms in total.